The number of halogens is 2. The molecule has 0 bridgehead atoms. The van der Waals surface area contributed by atoms with Gasteiger partial charge in [-0.15, -0.1) is 0 Å². The second-order valence-electron chi connectivity index (χ2n) is 4.45. The van der Waals surface area contributed by atoms with E-state index in [2.05, 4.69) is 0 Å². The van der Waals surface area contributed by atoms with Gasteiger partial charge in [-0.2, -0.15) is 0 Å². The number of hydrogen-bond acceptors (Lipinski definition) is 2. The number of amides is 2. The lowest BCUT2D eigenvalue weighted by molar-refractivity contribution is -0.117. The number of benzene rings is 2. The van der Waals surface area contributed by atoms with Crippen molar-refractivity contribution < 1.29 is 14.0 Å². The van der Waals surface area contributed by atoms with E-state index < -0.39 is 17.6 Å². The molecule has 2 aromatic rings. The standard InChI is InChI=1S/C15H9ClFNO2/c16-9-4-6-10(7-5-9)18-14(19)8-12-11(15(18)20)2-1-3-13(12)17/h1-7H,8H2. The molecule has 5 heteroatoms. The highest BCUT2D eigenvalue weighted by atomic mass is 35.5. The van der Waals surface area contributed by atoms with Crippen LogP contribution in [0, 0.1) is 5.82 Å². The van der Waals surface area contributed by atoms with Crippen LogP contribution < -0.4 is 4.90 Å². The number of hydrogen-bond donors (Lipinski definition) is 0. The molecule has 1 aliphatic rings. The van der Waals surface area contributed by atoms with Gasteiger partial charge in [-0.3, -0.25) is 9.59 Å². The fourth-order valence-electron chi connectivity index (χ4n) is 2.25. The first kappa shape index (κ1) is 12.8. The Morgan fingerprint density at radius 3 is 2.45 bits per heavy atom. The van der Waals surface area contributed by atoms with Crippen LogP contribution in [-0.4, -0.2) is 11.8 Å². The molecule has 1 heterocycles. The van der Waals surface area contributed by atoms with Gasteiger partial charge in [-0.25, -0.2) is 9.29 Å². The maximum Gasteiger partial charge on any atom is 0.265 e. The highest BCUT2D eigenvalue weighted by Crippen LogP contribution is 2.27. The zero-order valence-electron chi connectivity index (χ0n) is 10.3. The molecule has 0 radical (unpaired) electrons. The van der Waals surface area contributed by atoms with Crippen LogP contribution in [0.5, 0.6) is 0 Å². The number of nitrogens with zero attached hydrogens (tertiary/aromatic N) is 1. The van der Waals surface area contributed by atoms with Crippen molar-refractivity contribution in [2.75, 3.05) is 4.90 Å². The average Bonchev–Trinajstić information content (AvgIpc) is 2.42. The van der Waals surface area contributed by atoms with Crippen LogP contribution in [-0.2, 0) is 11.2 Å². The Labute approximate surface area is 119 Å². The number of anilines is 1. The smallest absolute Gasteiger partial charge is 0.265 e. The van der Waals surface area contributed by atoms with Crippen LogP contribution in [0.1, 0.15) is 15.9 Å². The summed E-state index contributed by atoms with van der Waals surface area (Å²) in [7, 11) is 0. The van der Waals surface area contributed by atoms with Gasteiger partial charge in [0, 0.05) is 16.1 Å². The molecule has 3 nitrogen and oxygen atoms in total. The summed E-state index contributed by atoms with van der Waals surface area (Å²) in [5, 5.41) is 0.511. The molecule has 100 valence electrons. The van der Waals surface area contributed by atoms with E-state index in [9.17, 15) is 14.0 Å². The fourth-order valence-corrected chi connectivity index (χ4v) is 2.38. The van der Waals surface area contributed by atoms with Crippen molar-refractivity contribution in [2.45, 2.75) is 6.42 Å². The fraction of sp³-hybridized carbons (Fsp3) is 0.0667. The lowest BCUT2D eigenvalue weighted by atomic mass is 9.97. The van der Waals surface area contributed by atoms with Crippen molar-refractivity contribution in [3.8, 4) is 0 Å². The minimum atomic E-state index is -0.528. The molecular weight excluding hydrogens is 281 g/mol. The molecule has 0 fully saturated rings. The van der Waals surface area contributed by atoms with Crippen molar-refractivity contribution >= 4 is 29.1 Å². The third-order valence-electron chi connectivity index (χ3n) is 3.21. The molecule has 0 saturated carbocycles. The molecule has 20 heavy (non-hydrogen) atoms. The molecule has 0 saturated heterocycles. The monoisotopic (exact) mass is 289 g/mol. The summed E-state index contributed by atoms with van der Waals surface area (Å²) in [5.74, 6) is -1.49. The highest BCUT2D eigenvalue weighted by Gasteiger charge is 2.33. The van der Waals surface area contributed by atoms with E-state index in [1.807, 2.05) is 0 Å². The lowest BCUT2D eigenvalue weighted by Crippen LogP contribution is -2.42. The van der Waals surface area contributed by atoms with Gasteiger partial charge < -0.3 is 0 Å². The predicted octanol–water partition coefficient (Wildman–Crippen LogP) is 3.21. The van der Waals surface area contributed by atoms with Crippen LogP contribution in [0.25, 0.3) is 0 Å². The maximum absolute atomic E-state index is 13.7. The van der Waals surface area contributed by atoms with E-state index in [0.717, 1.165) is 4.90 Å². The second kappa shape index (κ2) is 4.72. The van der Waals surface area contributed by atoms with E-state index in [1.54, 1.807) is 24.3 Å². The first-order chi connectivity index (χ1) is 9.58. The summed E-state index contributed by atoms with van der Waals surface area (Å²) in [6.07, 6.45) is -0.129. The molecule has 0 aromatic heterocycles. The predicted molar refractivity (Wildman–Crippen MR) is 73.4 cm³/mol. The average molecular weight is 290 g/mol. The van der Waals surface area contributed by atoms with Gasteiger partial charge in [0.05, 0.1) is 12.1 Å². The molecule has 0 N–H and O–H groups in total. The Kier molecular flexibility index (Phi) is 3.03. The van der Waals surface area contributed by atoms with Gasteiger partial charge in [0.25, 0.3) is 5.91 Å². The van der Waals surface area contributed by atoms with E-state index in [0.29, 0.717) is 10.7 Å². The summed E-state index contributed by atoms with van der Waals surface area (Å²) in [6.45, 7) is 0. The zero-order chi connectivity index (χ0) is 14.3. The first-order valence-corrected chi connectivity index (χ1v) is 6.36. The summed E-state index contributed by atoms with van der Waals surface area (Å²) < 4.78 is 13.7. The van der Waals surface area contributed by atoms with E-state index in [4.69, 9.17) is 11.6 Å². The molecule has 0 aliphatic carbocycles. The largest absolute Gasteiger partial charge is 0.274 e. The van der Waals surface area contributed by atoms with Crippen molar-refractivity contribution in [1.82, 2.24) is 0 Å². The zero-order valence-corrected chi connectivity index (χ0v) is 11.0. The van der Waals surface area contributed by atoms with Gasteiger partial charge in [0.2, 0.25) is 5.91 Å². The SMILES string of the molecule is O=C1Cc2c(F)cccc2C(=O)N1c1ccc(Cl)cc1. The van der Waals surface area contributed by atoms with E-state index >= 15 is 0 Å². The Hall–Kier alpha value is -2.20. The van der Waals surface area contributed by atoms with E-state index in [-0.39, 0.29) is 17.5 Å². The number of rotatable bonds is 1. The number of fused-ring (bicyclic) bond motifs is 1. The molecule has 0 atom stereocenters. The minimum absolute atomic E-state index is 0.129. The van der Waals surface area contributed by atoms with Crippen LogP contribution in [0.4, 0.5) is 10.1 Å². The van der Waals surface area contributed by atoms with Crippen molar-refractivity contribution in [1.29, 1.82) is 0 Å². The Bertz CT molecular complexity index is 712. The summed E-state index contributed by atoms with van der Waals surface area (Å²) in [5.41, 5.74) is 0.812. The van der Waals surface area contributed by atoms with Gasteiger partial charge >= 0.3 is 0 Å². The first-order valence-electron chi connectivity index (χ1n) is 5.98. The van der Waals surface area contributed by atoms with Crippen molar-refractivity contribution in [2.24, 2.45) is 0 Å². The van der Waals surface area contributed by atoms with Crippen molar-refractivity contribution in [3.63, 3.8) is 0 Å². The normalized spacial score (nSPS) is 14.4. The minimum Gasteiger partial charge on any atom is -0.274 e. The van der Waals surface area contributed by atoms with Gasteiger partial charge in [-0.05, 0) is 36.4 Å². The Morgan fingerprint density at radius 2 is 1.75 bits per heavy atom. The number of carbonyl (C=O) groups is 2. The Balaban J connectivity index is 2.09. The number of imide groups is 1. The Morgan fingerprint density at radius 1 is 1.05 bits per heavy atom. The van der Waals surface area contributed by atoms with Gasteiger partial charge in [0.1, 0.15) is 5.82 Å². The highest BCUT2D eigenvalue weighted by molar-refractivity contribution is 6.31. The lowest BCUT2D eigenvalue weighted by Gasteiger charge is -2.27. The van der Waals surface area contributed by atoms with Crippen LogP contribution in [0.15, 0.2) is 42.5 Å². The molecule has 3 rings (SSSR count). The second-order valence-corrected chi connectivity index (χ2v) is 4.89. The van der Waals surface area contributed by atoms with Crippen LogP contribution >= 0.6 is 11.6 Å². The molecule has 2 amide bonds. The van der Waals surface area contributed by atoms with E-state index in [1.165, 1.54) is 18.2 Å². The summed E-state index contributed by atoms with van der Waals surface area (Å²) in [4.78, 5) is 25.5. The molecular formula is C15H9ClFNO2. The quantitative estimate of drug-likeness (QED) is 0.756. The summed E-state index contributed by atoms with van der Waals surface area (Å²) in [6, 6.07) is 10.6. The van der Waals surface area contributed by atoms with Gasteiger partial charge in [0.15, 0.2) is 0 Å². The molecule has 1 aliphatic heterocycles. The third-order valence-corrected chi connectivity index (χ3v) is 3.47. The molecule has 0 spiro atoms. The molecule has 0 unspecified atom stereocenters. The van der Waals surface area contributed by atoms with Crippen molar-refractivity contribution in [3.05, 3.63) is 64.4 Å². The molecule has 2 aromatic carbocycles. The van der Waals surface area contributed by atoms with Gasteiger partial charge in [-0.1, -0.05) is 17.7 Å². The number of carbonyl (C=O) groups excluding carboxylic acids is 2. The topological polar surface area (TPSA) is 37.4 Å². The van der Waals surface area contributed by atoms with Crippen LogP contribution in [0.3, 0.4) is 0 Å². The maximum atomic E-state index is 13.7. The summed E-state index contributed by atoms with van der Waals surface area (Å²) >= 11 is 5.79. The third kappa shape index (κ3) is 1.98. The van der Waals surface area contributed by atoms with Crippen LogP contribution in [0.2, 0.25) is 5.02 Å².